The van der Waals surface area contributed by atoms with Gasteiger partial charge in [0.2, 0.25) is 0 Å². The largest absolute Gasteiger partial charge is 0.302 e. The molecule has 0 saturated carbocycles. The molecule has 1 nitrogen and oxygen atoms in total. The summed E-state index contributed by atoms with van der Waals surface area (Å²) in [5.74, 6) is -0.275. The van der Waals surface area contributed by atoms with Crippen LogP contribution in [0.25, 0.3) is 10.8 Å². The molecule has 0 spiro atoms. The Morgan fingerprint density at radius 3 is 2.38 bits per heavy atom. The van der Waals surface area contributed by atoms with E-state index in [0.29, 0.717) is 5.39 Å². The van der Waals surface area contributed by atoms with Crippen LogP contribution in [0, 0.1) is 5.82 Å². The highest BCUT2D eigenvalue weighted by Crippen LogP contribution is 2.30. The van der Waals surface area contributed by atoms with E-state index in [0.717, 1.165) is 17.2 Å². The summed E-state index contributed by atoms with van der Waals surface area (Å²) in [5, 5.41) is 1.37. The fourth-order valence-electron chi connectivity index (χ4n) is 1.90. The third-order valence-corrected chi connectivity index (χ3v) is 2.84. The third-order valence-electron chi connectivity index (χ3n) is 2.84. The lowest BCUT2D eigenvalue weighted by Crippen LogP contribution is -2.19. The first-order valence-corrected chi connectivity index (χ1v) is 5.20. The Bertz CT molecular complexity index is 538. The summed E-state index contributed by atoms with van der Waals surface area (Å²) in [7, 11) is 0. The first-order valence-electron chi connectivity index (χ1n) is 5.20. The highest BCUT2D eigenvalue weighted by atomic mass is 19.1. The Morgan fingerprint density at radius 1 is 1.12 bits per heavy atom. The summed E-state index contributed by atoms with van der Waals surface area (Å²) in [6.07, 6.45) is 0.855. The fraction of sp³-hybridized carbons (Fsp3) is 0.214. The molecule has 2 heteroatoms. The Kier molecular flexibility index (Phi) is 2.50. The molecule has 0 radical (unpaired) electrons. The van der Waals surface area contributed by atoms with Crippen molar-refractivity contribution in [3.8, 4) is 0 Å². The summed E-state index contributed by atoms with van der Waals surface area (Å²) in [6, 6.07) is 10.5. The van der Waals surface area contributed by atoms with Crippen LogP contribution < -0.4 is 0 Å². The Balaban J connectivity index is 2.85. The summed E-state index contributed by atoms with van der Waals surface area (Å²) in [6.45, 7) is 3.59. The van der Waals surface area contributed by atoms with E-state index in [1.54, 1.807) is 26.0 Å². The summed E-state index contributed by atoms with van der Waals surface area (Å²) in [4.78, 5) is 11.1. The lowest BCUT2D eigenvalue weighted by atomic mass is 9.83. The second kappa shape index (κ2) is 3.71. The molecule has 0 atom stereocenters. The summed E-state index contributed by atoms with van der Waals surface area (Å²) in [5.41, 5.74) is 0.0694. The molecular weight excluding hydrogens is 203 g/mol. The monoisotopic (exact) mass is 216 g/mol. The number of carbonyl (C=O) groups excluding carboxylic acids is 1. The molecule has 0 N–H and O–H groups in total. The zero-order valence-electron chi connectivity index (χ0n) is 9.33. The van der Waals surface area contributed by atoms with Gasteiger partial charge in [0.15, 0.2) is 0 Å². The maximum Gasteiger partial charge on any atom is 0.131 e. The van der Waals surface area contributed by atoms with Crippen LogP contribution in [-0.2, 0) is 10.2 Å². The molecule has 16 heavy (non-hydrogen) atoms. The number of fused-ring (bicyclic) bond motifs is 1. The van der Waals surface area contributed by atoms with E-state index in [4.69, 9.17) is 0 Å². The van der Waals surface area contributed by atoms with Gasteiger partial charge in [0.05, 0.1) is 0 Å². The van der Waals surface area contributed by atoms with E-state index in [1.807, 2.05) is 18.2 Å². The Hall–Kier alpha value is -1.70. The zero-order chi connectivity index (χ0) is 11.8. The van der Waals surface area contributed by atoms with Crippen molar-refractivity contribution in [3.05, 3.63) is 47.8 Å². The normalized spacial score (nSPS) is 11.7. The average Bonchev–Trinajstić information content (AvgIpc) is 2.29. The summed E-state index contributed by atoms with van der Waals surface area (Å²) < 4.78 is 13.8. The van der Waals surface area contributed by atoms with Gasteiger partial charge in [-0.2, -0.15) is 0 Å². The SMILES string of the molecule is CC(C)(C=O)c1cccc2cccc(F)c12. The molecule has 0 unspecified atom stereocenters. The minimum atomic E-state index is -0.665. The van der Waals surface area contributed by atoms with Gasteiger partial charge in [-0.05, 0) is 30.9 Å². The second-order valence-corrected chi connectivity index (χ2v) is 4.48. The number of aldehydes is 1. The van der Waals surface area contributed by atoms with E-state index in [-0.39, 0.29) is 5.82 Å². The van der Waals surface area contributed by atoms with Crippen LogP contribution in [0.1, 0.15) is 19.4 Å². The van der Waals surface area contributed by atoms with Crippen LogP contribution in [0.15, 0.2) is 36.4 Å². The van der Waals surface area contributed by atoms with Crippen molar-refractivity contribution in [1.82, 2.24) is 0 Å². The molecule has 0 fully saturated rings. The molecule has 82 valence electrons. The number of hydrogen-bond donors (Lipinski definition) is 0. The first kappa shape index (κ1) is 10.8. The number of carbonyl (C=O) groups is 1. The maximum atomic E-state index is 13.8. The van der Waals surface area contributed by atoms with E-state index < -0.39 is 5.41 Å². The van der Waals surface area contributed by atoms with Crippen LogP contribution in [0.2, 0.25) is 0 Å². The smallest absolute Gasteiger partial charge is 0.131 e. The van der Waals surface area contributed by atoms with E-state index in [2.05, 4.69) is 0 Å². The topological polar surface area (TPSA) is 17.1 Å². The van der Waals surface area contributed by atoms with E-state index in [9.17, 15) is 9.18 Å². The van der Waals surface area contributed by atoms with Crippen molar-refractivity contribution in [2.75, 3.05) is 0 Å². The van der Waals surface area contributed by atoms with Crippen molar-refractivity contribution >= 4 is 17.1 Å². The molecule has 0 bridgehead atoms. The van der Waals surface area contributed by atoms with Gasteiger partial charge in [-0.25, -0.2) is 4.39 Å². The van der Waals surface area contributed by atoms with Crippen molar-refractivity contribution in [3.63, 3.8) is 0 Å². The van der Waals surface area contributed by atoms with Crippen LogP contribution in [0.3, 0.4) is 0 Å². The van der Waals surface area contributed by atoms with Gasteiger partial charge in [0.1, 0.15) is 12.1 Å². The van der Waals surface area contributed by atoms with E-state index >= 15 is 0 Å². The molecule has 0 aromatic heterocycles. The predicted octanol–water partition coefficient (Wildman–Crippen LogP) is 3.46. The minimum Gasteiger partial charge on any atom is -0.302 e. The molecular formula is C14H13FO. The molecule has 2 aromatic rings. The standard InChI is InChI=1S/C14H13FO/c1-14(2,9-16)11-7-3-5-10-6-4-8-12(15)13(10)11/h3-9H,1-2H3. The lowest BCUT2D eigenvalue weighted by Gasteiger charge is -2.20. The molecule has 0 aliphatic heterocycles. The van der Waals surface area contributed by atoms with Gasteiger partial charge in [-0.1, -0.05) is 30.3 Å². The van der Waals surface area contributed by atoms with Crippen molar-refractivity contribution in [1.29, 1.82) is 0 Å². The molecule has 2 aromatic carbocycles. The predicted molar refractivity (Wildman–Crippen MR) is 63.0 cm³/mol. The summed E-state index contributed by atoms with van der Waals surface area (Å²) >= 11 is 0. The minimum absolute atomic E-state index is 0.275. The van der Waals surface area contributed by atoms with Crippen LogP contribution in [-0.4, -0.2) is 6.29 Å². The molecule has 0 heterocycles. The van der Waals surface area contributed by atoms with Gasteiger partial charge >= 0.3 is 0 Å². The first-order chi connectivity index (χ1) is 7.56. The highest BCUT2D eigenvalue weighted by molar-refractivity contribution is 5.90. The number of hydrogen-bond acceptors (Lipinski definition) is 1. The Labute approximate surface area is 93.9 Å². The van der Waals surface area contributed by atoms with Crippen LogP contribution >= 0.6 is 0 Å². The van der Waals surface area contributed by atoms with Crippen molar-refractivity contribution in [2.45, 2.75) is 19.3 Å². The molecule has 0 aliphatic rings. The fourth-order valence-corrected chi connectivity index (χ4v) is 1.90. The van der Waals surface area contributed by atoms with E-state index in [1.165, 1.54) is 6.07 Å². The number of halogens is 1. The quantitative estimate of drug-likeness (QED) is 0.702. The molecule has 2 rings (SSSR count). The van der Waals surface area contributed by atoms with Crippen LogP contribution in [0.5, 0.6) is 0 Å². The second-order valence-electron chi connectivity index (χ2n) is 4.48. The zero-order valence-corrected chi connectivity index (χ0v) is 9.33. The average molecular weight is 216 g/mol. The van der Waals surface area contributed by atoms with Crippen molar-refractivity contribution in [2.24, 2.45) is 0 Å². The Morgan fingerprint density at radius 2 is 1.75 bits per heavy atom. The van der Waals surface area contributed by atoms with Crippen LogP contribution in [0.4, 0.5) is 4.39 Å². The number of benzene rings is 2. The maximum absolute atomic E-state index is 13.8. The lowest BCUT2D eigenvalue weighted by molar-refractivity contribution is -0.111. The third kappa shape index (κ3) is 1.60. The van der Waals surface area contributed by atoms with Gasteiger partial charge < -0.3 is 4.79 Å². The molecule has 0 amide bonds. The molecule has 0 aliphatic carbocycles. The highest BCUT2D eigenvalue weighted by Gasteiger charge is 2.23. The number of rotatable bonds is 2. The van der Waals surface area contributed by atoms with Gasteiger partial charge in [-0.15, -0.1) is 0 Å². The van der Waals surface area contributed by atoms with Gasteiger partial charge in [0, 0.05) is 10.8 Å². The van der Waals surface area contributed by atoms with Gasteiger partial charge in [-0.3, -0.25) is 0 Å². The molecule has 0 saturated heterocycles. The van der Waals surface area contributed by atoms with Gasteiger partial charge in [0.25, 0.3) is 0 Å². The van der Waals surface area contributed by atoms with Crippen molar-refractivity contribution < 1.29 is 9.18 Å².